The SMILES string of the molecule is COC(=O)c1cccc(NC(=O)c2cc(C(=O)Nc3cccc(C(=O)OC)c3)c(C(=O)O)cc2C(=O)O)c1. The Bertz CT molecular complexity index is 1370. The number of nitrogens with one attached hydrogen (secondary N) is 2. The fourth-order valence-electron chi connectivity index (χ4n) is 3.41. The molecule has 4 N–H and O–H groups in total. The van der Waals surface area contributed by atoms with Gasteiger partial charge in [0, 0.05) is 11.4 Å². The fraction of sp³-hybridized carbons (Fsp3) is 0.0769. The van der Waals surface area contributed by atoms with E-state index in [9.17, 15) is 39.0 Å². The second-order valence-electron chi connectivity index (χ2n) is 7.61. The molecule has 0 heterocycles. The van der Waals surface area contributed by atoms with Crippen molar-refractivity contribution in [3.05, 3.63) is 94.0 Å². The van der Waals surface area contributed by atoms with Crippen molar-refractivity contribution in [2.24, 2.45) is 0 Å². The molecule has 0 bridgehead atoms. The highest BCUT2D eigenvalue weighted by molar-refractivity contribution is 6.17. The van der Waals surface area contributed by atoms with E-state index in [1.165, 1.54) is 62.8 Å². The number of aromatic carboxylic acids is 2. The largest absolute Gasteiger partial charge is 0.478 e. The molecule has 0 spiro atoms. The van der Waals surface area contributed by atoms with Gasteiger partial charge >= 0.3 is 23.9 Å². The van der Waals surface area contributed by atoms with Crippen LogP contribution >= 0.6 is 0 Å². The van der Waals surface area contributed by atoms with E-state index in [4.69, 9.17) is 0 Å². The number of hydrogen-bond acceptors (Lipinski definition) is 8. The Kier molecular flexibility index (Phi) is 8.18. The summed E-state index contributed by atoms with van der Waals surface area (Å²) in [4.78, 5) is 73.3. The van der Waals surface area contributed by atoms with Gasteiger partial charge in [0.2, 0.25) is 0 Å². The molecule has 0 aromatic heterocycles. The number of rotatable bonds is 8. The van der Waals surface area contributed by atoms with Gasteiger partial charge in [-0.05, 0) is 48.5 Å². The molecule has 12 heteroatoms. The van der Waals surface area contributed by atoms with Crippen LogP contribution in [0.5, 0.6) is 0 Å². The third-order valence-corrected chi connectivity index (χ3v) is 5.19. The maximum Gasteiger partial charge on any atom is 0.337 e. The van der Waals surface area contributed by atoms with Crippen molar-refractivity contribution in [2.75, 3.05) is 24.9 Å². The molecule has 0 atom stereocenters. The van der Waals surface area contributed by atoms with Crippen LogP contribution in [0.1, 0.15) is 62.1 Å². The summed E-state index contributed by atoms with van der Waals surface area (Å²) in [5, 5.41) is 24.1. The predicted octanol–water partition coefficient (Wildman–Crippen LogP) is 3.16. The lowest BCUT2D eigenvalue weighted by Gasteiger charge is -2.14. The van der Waals surface area contributed by atoms with Gasteiger partial charge in [-0.25, -0.2) is 19.2 Å². The molecule has 194 valence electrons. The fourth-order valence-corrected chi connectivity index (χ4v) is 3.41. The van der Waals surface area contributed by atoms with Crippen molar-refractivity contribution in [1.82, 2.24) is 0 Å². The first-order valence-corrected chi connectivity index (χ1v) is 10.7. The second kappa shape index (κ2) is 11.5. The van der Waals surface area contributed by atoms with E-state index in [2.05, 4.69) is 20.1 Å². The van der Waals surface area contributed by atoms with Crippen LogP contribution in [0, 0.1) is 0 Å². The average molecular weight is 520 g/mol. The standard InChI is InChI=1S/C26H20N2O10/c1-37-25(35)13-5-3-7-15(9-13)27-21(29)17-11-18(20(24(33)34)12-19(17)23(31)32)22(30)28-16-8-4-6-14(10-16)26(36)38-2/h3-12H,1-2H3,(H,27,29)(H,28,30)(H,31,32)(H,33,34). The zero-order valence-electron chi connectivity index (χ0n) is 19.9. The Hall–Kier alpha value is -5.52. The number of benzene rings is 3. The minimum absolute atomic E-state index is 0.110. The first kappa shape index (κ1) is 27.1. The van der Waals surface area contributed by atoms with E-state index >= 15 is 0 Å². The molecule has 0 radical (unpaired) electrons. The van der Waals surface area contributed by atoms with Gasteiger partial charge in [0.1, 0.15) is 0 Å². The Morgan fingerprint density at radius 1 is 0.579 bits per heavy atom. The van der Waals surface area contributed by atoms with Crippen LogP contribution in [-0.2, 0) is 9.47 Å². The molecule has 3 aromatic carbocycles. The molecule has 3 aromatic rings. The molecule has 0 saturated heterocycles. The molecule has 38 heavy (non-hydrogen) atoms. The van der Waals surface area contributed by atoms with E-state index < -0.39 is 57.9 Å². The highest BCUT2D eigenvalue weighted by atomic mass is 16.5. The zero-order valence-corrected chi connectivity index (χ0v) is 19.9. The first-order chi connectivity index (χ1) is 18.0. The van der Waals surface area contributed by atoms with Crippen LogP contribution in [0.25, 0.3) is 0 Å². The van der Waals surface area contributed by atoms with Gasteiger partial charge in [0.05, 0.1) is 47.6 Å². The van der Waals surface area contributed by atoms with Crippen LogP contribution in [0.2, 0.25) is 0 Å². The minimum Gasteiger partial charge on any atom is -0.478 e. The Labute approximate surface area is 214 Å². The topological polar surface area (TPSA) is 185 Å². The summed E-state index contributed by atoms with van der Waals surface area (Å²) in [7, 11) is 2.35. The van der Waals surface area contributed by atoms with Crippen LogP contribution in [0.4, 0.5) is 11.4 Å². The van der Waals surface area contributed by atoms with Crippen LogP contribution in [0.3, 0.4) is 0 Å². The van der Waals surface area contributed by atoms with E-state index in [1.54, 1.807) is 0 Å². The average Bonchev–Trinajstić information content (AvgIpc) is 2.91. The van der Waals surface area contributed by atoms with E-state index in [0.717, 1.165) is 6.07 Å². The van der Waals surface area contributed by atoms with Gasteiger partial charge in [-0.3, -0.25) is 9.59 Å². The summed E-state index contributed by atoms with van der Waals surface area (Å²) in [6.07, 6.45) is 0. The molecule has 0 unspecified atom stereocenters. The van der Waals surface area contributed by atoms with Gasteiger partial charge in [0.25, 0.3) is 11.8 Å². The summed E-state index contributed by atoms with van der Waals surface area (Å²) in [6, 6.07) is 12.7. The van der Waals surface area contributed by atoms with Gasteiger partial charge in [-0.2, -0.15) is 0 Å². The molecule has 2 amide bonds. The number of anilines is 2. The van der Waals surface area contributed by atoms with E-state index in [0.29, 0.717) is 6.07 Å². The van der Waals surface area contributed by atoms with Crippen molar-refractivity contribution >= 4 is 47.1 Å². The smallest absolute Gasteiger partial charge is 0.337 e. The minimum atomic E-state index is -1.61. The summed E-state index contributed by atoms with van der Waals surface area (Å²) in [5.41, 5.74) is -1.93. The number of carbonyl (C=O) groups excluding carboxylic acids is 4. The molecule has 0 fully saturated rings. The van der Waals surface area contributed by atoms with Gasteiger partial charge in [-0.15, -0.1) is 0 Å². The van der Waals surface area contributed by atoms with Crippen molar-refractivity contribution in [3.8, 4) is 0 Å². The third-order valence-electron chi connectivity index (χ3n) is 5.19. The van der Waals surface area contributed by atoms with Crippen LogP contribution in [0.15, 0.2) is 60.7 Å². The number of ether oxygens (including phenoxy) is 2. The normalized spacial score (nSPS) is 10.2. The first-order valence-electron chi connectivity index (χ1n) is 10.7. The zero-order chi connectivity index (χ0) is 28.0. The lowest BCUT2D eigenvalue weighted by Crippen LogP contribution is -2.22. The monoisotopic (exact) mass is 520 g/mol. The van der Waals surface area contributed by atoms with Gasteiger partial charge < -0.3 is 30.3 Å². The molecule has 0 aliphatic heterocycles. The maximum atomic E-state index is 13.0. The molecule has 12 nitrogen and oxygen atoms in total. The van der Waals surface area contributed by atoms with Crippen LogP contribution in [-0.4, -0.2) is 60.1 Å². The highest BCUT2D eigenvalue weighted by Gasteiger charge is 2.26. The van der Waals surface area contributed by atoms with Crippen molar-refractivity contribution in [1.29, 1.82) is 0 Å². The number of esters is 2. The molecule has 0 aliphatic carbocycles. The maximum absolute atomic E-state index is 13.0. The molecular formula is C26H20N2O10. The molecule has 0 saturated carbocycles. The Morgan fingerprint density at radius 3 is 1.29 bits per heavy atom. The number of carbonyl (C=O) groups is 6. The van der Waals surface area contributed by atoms with Crippen molar-refractivity contribution in [2.45, 2.75) is 0 Å². The molecular weight excluding hydrogens is 500 g/mol. The van der Waals surface area contributed by atoms with E-state index in [1.807, 2.05) is 0 Å². The molecule has 0 aliphatic rings. The Morgan fingerprint density at radius 2 is 0.947 bits per heavy atom. The van der Waals surface area contributed by atoms with Gasteiger partial charge in [0.15, 0.2) is 0 Å². The number of amides is 2. The third kappa shape index (κ3) is 5.99. The Balaban J connectivity index is 2.03. The number of hydrogen-bond donors (Lipinski definition) is 4. The second-order valence-corrected chi connectivity index (χ2v) is 7.61. The summed E-state index contributed by atoms with van der Waals surface area (Å²) in [5.74, 6) is -6.54. The summed E-state index contributed by atoms with van der Waals surface area (Å²) < 4.78 is 9.26. The lowest BCUT2D eigenvalue weighted by atomic mass is 9.96. The molecule has 3 rings (SSSR count). The number of methoxy groups -OCH3 is 2. The number of carboxylic acid groups (broad SMARTS) is 2. The van der Waals surface area contributed by atoms with Crippen LogP contribution < -0.4 is 10.6 Å². The highest BCUT2D eigenvalue weighted by Crippen LogP contribution is 2.22. The number of carboxylic acids is 2. The predicted molar refractivity (Wildman–Crippen MR) is 132 cm³/mol. The quantitative estimate of drug-likeness (QED) is 0.322. The summed E-state index contributed by atoms with van der Waals surface area (Å²) >= 11 is 0. The van der Waals surface area contributed by atoms with Crippen molar-refractivity contribution < 1.29 is 48.5 Å². The summed E-state index contributed by atoms with van der Waals surface area (Å²) in [6.45, 7) is 0. The van der Waals surface area contributed by atoms with Gasteiger partial charge in [-0.1, -0.05) is 12.1 Å². The van der Waals surface area contributed by atoms with Crippen molar-refractivity contribution in [3.63, 3.8) is 0 Å². The lowest BCUT2D eigenvalue weighted by molar-refractivity contribution is 0.0592. The van der Waals surface area contributed by atoms with E-state index in [-0.39, 0.29) is 22.5 Å².